The van der Waals surface area contributed by atoms with Crippen LogP contribution in [0.2, 0.25) is 30.1 Å². The molecule has 4 aromatic carbocycles. The van der Waals surface area contributed by atoms with Crippen molar-refractivity contribution < 1.29 is 61.2 Å². The van der Waals surface area contributed by atoms with Gasteiger partial charge in [0, 0.05) is 34.9 Å². The first kappa shape index (κ1) is 53.8. The number of pyridine rings is 2. The van der Waals surface area contributed by atoms with E-state index in [1.807, 2.05) is 9.44 Å². The van der Waals surface area contributed by atoms with Gasteiger partial charge in [0.2, 0.25) is 21.6 Å². The zero-order chi connectivity index (χ0) is 50.9. The van der Waals surface area contributed by atoms with Crippen molar-refractivity contribution in [2.24, 2.45) is 0 Å². The number of nitrogens with one attached hydrogen (secondary N) is 3. The van der Waals surface area contributed by atoms with Crippen LogP contribution in [0.4, 0.5) is 49.1 Å². The average Bonchev–Trinajstić information content (AvgIpc) is 3.21. The van der Waals surface area contributed by atoms with Crippen LogP contribution in [0.3, 0.4) is 0 Å². The highest BCUT2D eigenvalue weighted by Gasteiger charge is 2.36. The van der Waals surface area contributed by atoms with E-state index in [-0.39, 0.29) is 48.3 Å². The molecule has 68 heavy (non-hydrogen) atoms. The maximum Gasteiger partial charge on any atom is 0.417 e. The first-order valence-electron chi connectivity index (χ1n) is 17.8. The molecule has 0 atom stereocenters. The van der Waals surface area contributed by atoms with E-state index in [0.29, 0.717) is 12.1 Å². The number of ketones is 2. The predicted octanol–water partition coefficient (Wildman–Crippen LogP) is 11.1. The third kappa shape index (κ3) is 13.4. The van der Waals surface area contributed by atoms with E-state index in [2.05, 4.69) is 14.7 Å². The van der Waals surface area contributed by atoms with Gasteiger partial charge in [0.05, 0.1) is 68.7 Å². The Labute approximate surface area is 411 Å². The van der Waals surface area contributed by atoms with Gasteiger partial charge in [-0.25, -0.2) is 35.2 Å². The van der Waals surface area contributed by atoms with E-state index in [0.717, 1.165) is 61.1 Å². The summed E-state index contributed by atoms with van der Waals surface area (Å²) in [5.41, 5.74) is 1.12. The normalized spacial score (nSPS) is 12.1. The number of alkyl halides is 6. The summed E-state index contributed by atoms with van der Waals surface area (Å²) in [5.74, 6) is -1.72. The first-order valence-corrected chi connectivity index (χ1v) is 24.9. The second kappa shape index (κ2) is 20.5. The van der Waals surface area contributed by atoms with Crippen molar-refractivity contribution in [1.82, 2.24) is 9.97 Å². The van der Waals surface area contributed by atoms with Gasteiger partial charge in [0.15, 0.2) is 0 Å². The summed E-state index contributed by atoms with van der Waals surface area (Å²) in [6.45, 7) is 0. The number of halogens is 12. The first-order chi connectivity index (χ1) is 31.3. The Morgan fingerprint density at radius 1 is 0.529 bits per heavy atom. The van der Waals surface area contributed by atoms with Crippen molar-refractivity contribution >= 4 is 134 Å². The van der Waals surface area contributed by atoms with Crippen LogP contribution in [0, 0.1) is 0 Å². The molecule has 0 aliphatic rings. The molecule has 2 heterocycles. The molecule has 6 aromatic rings. The molecule has 0 amide bonds. The van der Waals surface area contributed by atoms with Gasteiger partial charge in [-0.15, -0.1) is 0 Å². The fourth-order valence-electron chi connectivity index (χ4n) is 5.53. The Morgan fingerprint density at radius 2 is 0.912 bits per heavy atom. The molecule has 0 fully saturated rings. The quantitative estimate of drug-likeness (QED) is 0.0512. The second-order valence-corrected chi connectivity index (χ2v) is 21.2. The number of carbonyl (C=O) groups excluding carboxylic acids is 2. The Bertz CT molecular complexity index is 3350. The van der Waals surface area contributed by atoms with Gasteiger partial charge in [-0.3, -0.25) is 23.8 Å². The van der Waals surface area contributed by atoms with Gasteiger partial charge in [0.25, 0.3) is 20.0 Å². The maximum atomic E-state index is 13.2. The highest BCUT2D eigenvalue weighted by Crippen LogP contribution is 2.38. The molecule has 0 unspecified atom stereocenters. The number of rotatable bonds is 12. The van der Waals surface area contributed by atoms with Gasteiger partial charge < -0.3 is 5.73 Å². The minimum absolute atomic E-state index is 0.0119. The number of carbonyl (C=O) groups is 2. The van der Waals surface area contributed by atoms with Crippen molar-refractivity contribution in [2.75, 3.05) is 26.2 Å². The Kier molecular flexibility index (Phi) is 16.2. The molecule has 0 aliphatic heterocycles. The number of sulfonamides is 3. The monoisotopic (exact) mass is 1120 g/mol. The van der Waals surface area contributed by atoms with Crippen LogP contribution in [0.1, 0.15) is 43.2 Å². The van der Waals surface area contributed by atoms with Crippen LogP contribution in [-0.2, 0) is 42.4 Å². The van der Waals surface area contributed by atoms with E-state index < -0.39 is 102 Å². The molecule has 0 bridgehead atoms. The van der Waals surface area contributed by atoms with E-state index in [1.165, 1.54) is 30.3 Å². The van der Waals surface area contributed by atoms with Crippen molar-refractivity contribution in [1.29, 1.82) is 0 Å². The lowest BCUT2D eigenvalue weighted by molar-refractivity contribution is -0.138. The number of hydrogen-bond donors (Lipinski definition) is 4. The fourth-order valence-corrected chi connectivity index (χ4v) is 9.42. The lowest BCUT2D eigenvalue weighted by Gasteiger charge is -2.15. The predicted molar refractivity (Wildman–Crippen MR) is 246 cm³/mol. The third-order valence-electron chi connectivity index (χ3n) is 8.48. The second-order valence-electron chi connectivity index (χ2n) is 13.6. The molecule has 2 aromatic heterocycles. The topological polar surface area (TPSA) is 224 Å². The van der Waals surface area contributed by atoms with Crippen LogP contribution in [-0.4, -0.2) is 53.0 Å². The Hall–Kier alpha value is -5.11. The number of hydrogen-bond acceptors (Lipinski definition) is 11. The summed E-state index contributed by atoms with van der Waals surface area (Å²) < 4.78 is 160. The minimum atomic E-state index is -4.93. The van der Waals surface area contributed by atoms with E-state index in [1.54, 1.807) is 0 Å². The lowest BCUT2D eigenvalue weighted by atomic mass is 10.1. The molecule has 0 aliphatic carbocycles. The van der Waals surface area contributed by atoms with Crippen molar-refractivity contribution in [3.63, 3.8) is 0 Å². The van der Waals surface area contributed by atoms with Crippen molar-refractivity contribution in [3.8, 4) is 0 Å². The highest BCUT2D eigenvalue weighted by molar-refractivity contribution is 7.93. The van der Waals surface area contributed by atoms with Gasteiger partial charge in [-0.2, -0.15) is 26.3 Å². The Morgan fingerprint density at radius 3 is 1.31 bits per heavy atom. The SMILES string of the molecule is CS(=O)(=O)Nc1ccc(Cl)c(C(=O)c2ncc(Cl)cc2NS(=O)(=O)c2ccc(Cl)c(C(F)(F)F)c2)c1.Nc1ccc(Cl)c(C(=O)c2ncc(Cl)cc2NS(=O)(=O)c2ccc(Cl)c(C(F)(F)F)c2)c1. The molecular weight excluding hydrogens is 1100 g/mol. The smallest absolute Gasteiger partial charge is 0.399 e. The number of nitrogen functional groups attached to an aromatic ring is 1. The van der Waals surface area contributed by atoms with E-state index >= 15 is 0 Å². The number of nitrogens with zero attached hydrogens (tertiary/aromatic N) is 2. The molecule has 0 saturated heterocycles. The van der Waals surface area contributed by atoms with Gasteiger partial charge >= 0.3 is 12.4 Å². The van der Waals surface area contributed by atoms with Crippen LogP contribution in [0.25, 0.3) is 0 Å². The molecule has 29 heteroatoms. The summed E-state index contributed by atoms with van der Waals surface area (Å²) >= 11 is 35.0. The van der Waals surface area contributed by atoms with Crippen LogP contribution in [0.5, 0.6) is 0 Å². The Balaban J connectivity index is 0.000000256. The van der Waals surface area contributed by atoms with Crippen molar-refractivity contribution in [3.05, 3.63) is 161 Å². The van der Waals surface area contributed by atoms with Crippen LogP contribution < -0.4 is 19.9 Å². The van der Waals surface area contributed by atoms with Gasteiger partial charge in [0.1, 0.15) is 11.4 Å². The maximum absolute atomic E-state index is 13.2. The summed E-state index contributed by atoms with van der Waals surface area (Å²) in [5, 5.41) is -1.61. The molecule has 5 N–H and O–H groups in total. The summed E-state index contributed by atoms with van der Waals surface area (Å²) in [6, 6.07) is 13.8. The average molecular weight is 1130 g/mol. The standard InChI is InChI=1S/C20H13Cl3F3N3O5S2.C19H11Cl3F3N3O3S/c1-35(31,32)28-11-2-4-15(22)13(7-11)19(30)18-17(6-10(21)9-27-18)29-36(33,34)12-3-5-16(23)14(8-12)20(24,25)26;20-9-5-16(17(27-8-9)18(29)12-6-10(26)1-3-14(12)21)28-32(30,31)11-2-4-15(22)13(7-11)19(23,24)25/h2-9,28-29H,1H3;1-8,28H,26H2. The number of aromatic nitrogens is 2. The molecule has 6 rings (SSSR count). The van der Waals surface area contributed by atoms with E-state index in [9.17, 15) is 61.2 Å². The van der Waals surface area contributed by atoms with Gasteiger partial charge in [-0.05, 0) is 84.9 Å². The minimum Gasteiger partial charge on any atom is -0.399 e. The molecule has 360 valence electrons. The van der Waals surface area contributed by atoms with Gasteiger partial charge in [-0.1, -0.05) is 69.6 Å². The lowest BCUT2D eigenvalue weighted by Crippen LogP contribution is -2.18. The molecule has 0 saturated carbocycles. The van der Waals surface area contributed by atoms with Crippen molar-refractivity contribution in [2.45, 2.75) is 22.1 Å². The van der Waals surface area contributed by atoms with Crippen LogP contribution >= 0.6 is 69.6 Å². The fraction of sp³-hybridized carbons (Fsp3) is 0.0769. The molecule has 0 radical (unpaired) electrons. The molecule has 14 nitrogen and oxygen atoms in total. The highest BCUT2D eigenvalue weighted by atomic mass is 35.5. The number of nitrogens with two attached hydrogens (primary N) is 1. The third-order valence-corrected chi connectivity index (χ3v) is 13.5. The number of benzene rings is 4. The molecule has 0 spiro atoms. The summed E-state index contributed by atoms with van der Waals surface area (Å²) in [6.07, 6.45) is -6.80. The van der Waals surface area contributed by atoms with Crippen LogP contribution in [0.15, 0.2) is 107 Å². The zero-order valence-electron chi connectivity index (χ0n) is 33.2. The summed E-state index contributed by atoms with van der Waals surface area (Å²) in [4.78, 5) is 32.3. The van der Waals surface area contributed by atoms with E-state index in [4.69, 9.17) is 75.3 Å². The molecular formula is C39H24Cl6F6N6O8S3. The number of anilines is 4. The largest absolute Gasteiger partial charge is 0.417 e. The summed E-state index contributed by atoms with van der Waals surface area (Å²) in [7, 11) is -13.0. The zero-order valence-corrected chi connectivity index (χ0v) is 40.2.